The lowest BCUT2D eigenvalue weighted by molar-refractivity contribution is -0.139. The third-order valence-electron chi connectivity index (χ3n) is 5.78. The first-order valence-corrected chi connectivity index (χ1v) is 12.9. The molecular weight excluding hydrogens is 516 g/mol. The van der Waals surface area contributed by atoms with Gasteiger partial charge in [-0.3, -0.25) is 9.36 Å². The summed E-state index contributed by atoms with van der Waals surface area (Å²) in [6.45, 7) is 6.13. The maximum Gasteiger partial charge on any atom is 0.338 e. The van der Waals surface area contributed by atoms with E-state index in [4.69, 9.17) is 30.5 Å². The van der Waals surface area contributed by atoms with Crippen molar-refractivity contribution < 1.29 is 23.7 Å². The summed E-state index contributed by atoms with van der Waals surface area (Å²) in [6, 6.07) is 10.1. The molecule has 1 atom stereocenters. The number of carbonyl (C=O) groups excluding carboxylic acids is 1. The van der Waals surface area contributed by atoms with E-state index >= 15 is 0 Å². The Kier molecular flexibility index (Phi) is 8.04. The van der Waals surface area contributed by atoms with Gasteiger partial charge in [-0.2, -0.15) is 0 Å². The summed E-state index contributed by atoms with van der Waals surface area (Å²) >= 11 is 7.60. The average molecular weight is 543 g/mol. The van der Waals surface area contributed by atoms with Gasteiger partial charge in [0.15, 0.2) is 16.3 Å². The van der Waals surface area contributed by atoms with Crippen LogP contribution < -0.4 is 29.1 Å². The highest BCUT2D eigenvalue weighted by Crippen LogP contribution is 2.36. The van der Waals surface area contributed by atoms with Gasteiger partial charge in [-0.15, -0.1) is 0 Å². The van der Waals surface area contributed by atoms with Crippen molar-refractivity contribution in [3.05, 3.63) is 83.5 Å². The van der Waals surface area contributed by atoms with Crippen molar-refractivity contribution in [2.75, 3.05) is 27.4 Å². The molecule has 0 amide bonds. The first-order valence-electron chi connectivity index (χ1n) is 11.7. The van der Waals surface area contributed by atoms with Crippen LogP contribution in [0.15, 0.2) is 57.5 Å². The van der Waals surface area contributed by atoms with Crippen LogP contribution in [-0.4, -0.2) is 38.0 Å². The van der Waals surface area contributed by atoms with Crippen LogP contribution in [0.25, 0.3) is 6.08 Å². The van der Waals surface area contributed by atoms with Crippen LogP contribution in [0.1, 0.15) is 37.9 Å². The minimum Gasteiger partial charge on any atom is -0.494 e. The molecule has 194 valence electrons. The van der Waals surface area contributed by atoms with Gasteiger partial charge in [0.05, 0.1) is 54.3 Å². The van der Waals surface area contributed by atoms with E-state index in [9.17, 15) is 9.59 Å². The van der Waals surface area contributed by atoms with Gasteiger partial charge in [-0.25, -0.2) is 9.79 Å². The summed E-state index contributed by atoms with van der Waals surface area (Å²) in [6.07, 6.45) is 1.72. The number of thiazole rings is 1. The smallest absolute Gasteiger partial charge is 0.338 e. The monoisotopic (exact) mass is 542 g/mol. The molecule has 4 rings (SSSR count). The van der Waals surface area contributed by atoms with Crippen LogP contribution in [0, 0.1) is 0 Å². The maximum atomic E-state index is 13.8. The van der Waals surface area contributed by atoms with Crippen LogP contribution in [0.2, 0.25) is 5.02 Å². The Morgan fingerprint density at radius 2 is 1.86 bits per heavy atom. The summed E-state index contributed by atoms with van der Waals surface area (Å²) in [5.41, 5.74) is 1.93. The molecule has 0 radical (unpaired) electrons. The Bertz CT molecular complexity index is 1540. The largest absolute Gasteiger partial charge is 0.494 e. The fourth-order valence-electron chi connectivity index (χ4n) is 4.19. The number of hydrogen-bond donors (Lipinski definition) is 0. The number of fused-ring (bicyclic) bond motifs is 1. The molecule has 1 aromatic heterocycles. The molecule has 2 heterocycles. The predicted octanol–water partition coefficient (Wildman–Crippen LogP) is 3.87. The summed E-state index contributed by atoms with van der Waals surface area (Å²) in [5, 5.41) is 0.355. The lowest BCUT2D eigenvalue weighted by Crippen LogP contribution is -2.39. The van der Waals surface area contributed by atoms with Gasteiger partial charge in [0.2, 0.25) is 0 Å². The predicted molar refractivity (Wildman–Crippen MR) is 143 cm³/mol. The molecule has 2 aromatic carbocycles. The molecule has 1 aliphatic rings. The molecule has 1 aliphatic heterocycles. The van der Waals surface area contributed by atoms with Gasteiger partial charge in [0, 0.05) is 0 Å². The quantitative estimate of drug-likeness (QED) is 0.402. The zero-order valence-electron chi connectivity index (χ0n) is 21.2. The Morgan fingerprint density at radius 3 is 2.49 bits per heavy atom. The summed E-state index contributed by atoms with van der Waals surface area (Å²) < 4.78 is 23.6. The van der Waals surface area contributed by atoms with E-state index in [1.807, 2.05) is 31.2 Å². The number of nitrogens with zero attached hydrogens (tertiary/aromatic N) is 2. The highest BCUT2D eigenvalue weighted by Gasteiger charge is 2.33. The number of benzene rings is 2. The van der Waals surface area contributed by atoms with E-state index in [0.29, 0.717) is 55.0 Å². The molecule has 0 bridgehead atoms. The van der Waals surface area contributed by atoms with Gasteiger partial charge in [-0.1, -0.05) is 35.1 Å². The summed E-state index contributed by atoms with van der Waals surface area (Å²) in [5.74, 6) is 1.04. The number of esters is 1. The van der Waals surface area contributed by atoms with Crippen LogP contribution in [0.4, 0.5) is 0 Å². The zero-order valence-corrected chi connectivity index (χ0v) is 22.7. The van der Waals surface area contributed by atoms with E-state index in [0.717, 1.165) is 5.56 Å². The molecule has 10 heteroatoms. The van der Waals surface area contributed by atoms with Crippen LogP contribution in [-0.2, 0) is 9.53 Å². The SMILES string of the molecule is CCOC(=O)C1=C(C)N=c2s/c(=C\c3cc(Cl)c(OC)c(OC)c3)c(=O)n2C1c1ccc(OCC)cc1. The van der Waals surface area contributed by atoms with E-state index < -0.39 is 12.0 Å². The van der Waals surface area contributed by atoms with Crippen LogP contribution in [0.5, 0.6) is 17.2 Å². The standard InChI is InChI=1S/C27H27ClN2O6S/c1-6-35-18-10-8-17(9-11-18)23-22(26(32)36-7-2)15(3)29-27-30(23)25(31)21(37-27)14-16-12-19(28)24(34-5)20(13-16)33-4/h8-14,23H,6-7H2,1-5H3/b21-14-. The van der Waals surface area contributed by atoms with Crippen molar-refractivity contribution in [3.63, 3.8) is 0 Å². The van der Waals surface area contributed by atoms with Crippen LogP contribution >= 0.6 is 22.9 Å². The number of rotatable bonds is 8. The Morgan fingerprint density at radius 1 is 1.14 bits per heavy atom. The fourth-order valence-corrected chi connectivity index (χ4v) is 5.54. The van der Waals surface area contributed by atoms with Crippen molar-refractivity contribution in [1.82, 2.24) is 4.57 Å². The third-order valence-corrected chi connectivity index (χ3v) is 7.04. The Labute approximate surface area is 223 Å². The van der Waals surface area contributed by atoms with Gasteiger partial charge in [-0.05, 0) is 62.2 Å². The van der Waals surface area contributed by atoms with Crippen molar-refractivity contribution in [3.8, 4) is 17.2 Å². The first kappa shape index (κ1) is 26.5. The van der Waals surface area contributed by atoms with Crippen molar-refractivity contribution in [2.24, 2.45) is 4.99 Å². The summed E-state index contributed by atoms with van der Waals surface area (Å²) in [4.78, 5) is 31.9. The average Bonchev–Trinajstić information content (AvgIpc) is 3.17. The number of methoxy groups -OCH3 is 2. The second kappa shape index (κ2) is 11.2. The number of ether oxygens (including phenoxy) is 4. The fraction of sp³-hybridized carbons (Fsp3) is 0.296. The molecule has 0 fully saturated rings. The van der Waals surface area contributed by atoms with Gasteiger partial charge in [0.25, 0.3) is 5.56 Å². The molecule has 1 unspecified atom stereocenters. The first-order chi connectivity index (χ1) is 17.8. The lowest BCUT2D eigenvalue weighted by Gasteiger charge is -2.24. The second-order valence-electron chi connectivity index (χ2n) is 8.04. The number of hydrogen-bond acceptors (Lipinski definition) is 8. The second-order valence-corrected chi connectivity index (χ2v) is 9.46. The normalized spacial score (nSPS) is 15.2. The molecule has 0 saturated carbocycles. The lowest BCUT2D eigenvalue weighted by atomic mass is 9.96. The van der Waals surface area contributed by atoms with Gasteiger partial charge in [0.1, 0.15) is 5.75 Å². The molecule has 0 spiro atoms. The van der Waals surface area contributed by atoms with Crippen molar-refractivity contribution in [1.29, 1.82) is 0 Å². The Balaban J connectivity index is 1.91. The molecule has 37 heavy (non-hydrogen) atoms. The van der Waals surface area contributed by atoms with Gasteiger partial charge < -0.3 is 18.9 Å². The number of halogens is 1. The van der Waals surface area contributed by atoms with E-state index in [1.54, 1.807) is 32.1 Å². The highest BCUT2D eigenvalue weighted by atomic mass is 35.5. The van der Waals surface area contributed by atoms with Crippen LogP contribution in [0.3, 0.4) is 0 Å². The van der Waals surface area contributed by atoms with Crippen molar-refractivity contribution in [2.45, 2.75) is 26.8 Å². The topological polar surface area (TPSA) is 88.4 Å². The zero-order chi connectivity index (χ0) is 26.7. The third kappa shape index (κ3) is 5.14. The molecule has 8 nitrogen and oxygen atoms in total. The minimum atomic E-state index is -0.706. The van der Waals surface area contributed by atoms with E-state index in [1.165, 1.54) is 30.1 Å². The van der Waals surface area contributed by atoms with E-state index in [-0.39, 0.29) is 12.2 Å². The molecular formula is C27H27ClN2O6S. The molecule has 0 N–H and O–H groups in total. The molecule has 3 aromatic rings. The van der Waals surface area contributed by atoms with E-state index in [2.05, 4.69) is 4.99 Å². The molecule has 0 aliphatic carbocycles. The summed E-state index contributed by atoms with van der Waals surface area (Å²) in [7, 11) is 3.02. The van der Waals surface area contributed by atoms with Gasteiger partial charge >= 0.3 is 5.97 Å². The number of allylic oxidation sites excluding steroid dienone is 1. The highest BCUT2D eigenvalue weighted by molar-refractivity contribution is 7.07. The number of carbonyl (C=O) groups is 1. The number of aromatic nitrogens is 1. The Hall–Kier alpha value is -3.56. The molecule has 0 saturated heterocycles. The maximum absolute atomic E-state index is 13.8. The van der Waals surface area contributed by atoms with Crippen molar-refractivity contribution >= 4 is 35.0 Å². The minimum absolute atomic E-state index is 0.204.